The summed E-state index contributed by atoms with van der Waals surface area (Å²) in [7, 11) is 1.59. The van der Waals surface area contributed by atoms with E-state index < -0.39 is 11.7 Å². The van der Waals surface area contributed by atoms with E-state index in [2.05, 4.69) is 17.9 Å². The molecule has 0 rings (SSSR count). The molecular formula is C9H19NO3S. The highest BCUT2D eigenvalue weighted by Crippen LogP contribution is 2.06. The Hall–Kier alpha value is -0.420. The number of ether oxygens (including phenoxy) is 2. The highest BCUT2D eigenvalue weighted by atomic mass is 32.1. The molecule has 0 bridgehead atoms. The number of alkyl carbamates (subject to hydrolysis) is 1. The predicted molar refractivity (Wildman–Crippen MR) is 58.9 cm³/mol. The zero-order valence-electron chi connectivity index (χ0n) is 9.16. The van der Waals surface area contributed by atoms with E-state index in [4.69, 9.17) is 9.47 Å². The van der Waals surface area contributed by atoms with Gasteiger partial charge in [0.2, 0.25) is 0 Å². The van der Waals surface area contributed by atoms with Crippen molar-refractivity contribution in [2.75, 3.05) is 20.3 Å². The maximum atomic E-state index is 11.2. The van der Waals surface area contributed by atoms with E-state index in [1.807, 2.05) is 20.8 Å². The van der Waals surface area contributed by atoms with Crippen LogP contribution in [-0.2, 0) is 9.47 Å². The van der Waals surface area contributed by atoms with E-state index in [0.717, 1.165) is 0 Å². The number of thiol groups is 1. The SMILES string of the molecule is COCC(S)CNC(=O)OC(C)(C)C. The normalized spacial score (nSPS) is 13.5. The summed E-state index contributed by atoms with van der Waals surface area (Å²) in [5, 5.41) is 2.60. The maximum absolute atomic E-state index is 11.2. The van der Waals surface area contributed by atoms with Crippen molar-refractivity contribution in [3.8, 4) is 0 Å². The molecule has 0 aromatic heterocycles. The van der Waals surface area contributed by atoms with Crippen LogP contribution in [0.2, 0.25) is 0 Å². The third-order valence-corrected chi connectivity index (χ3v) is 1.57. The van der Waals surface area contributed by atoms with Gasteiger partial charge in [-0.05, 0) is 20.8 Å². The molecule has 0 aromatic carbocycles. The Bertz CT molecular complexity index is 179. The molecule has 0 aliphatic heterocycles. The average Bonchev–Trinajstić information content (AvgIpc) is 1.98. The van der Waals surface area contributed by atoms with Crippen LogP contribution in [-0.4, -0.2) is 37.2 Å². The van der Waals surface area contributed by atoms with Gasteiger partial charge in [-0.25, -0.2) is 4.79 Å². The van der Waals surface area contributed by atoms with E-state index in [1.165, 1.54) is 0 Å². The number of rotatable bonds is 4. The molecule has 4 nitrogen and oxygen atoms in total. The Labute approximate surface area is 90.8 Å². The summed E-state index contributed by atoms with van der Waals surface area (Å²) >= 11 is 4.20. The van der Waals surface area contributed by atoms with Gasteiger partial charge in [0.1, 0.15) is 5.60 Å². The minimum absolute atomic E-state index is 0.00693. The lowest BCUT2D eigenvalue weighted by Crippen LogP contribution is -2.36. The summed E-state index contributed by atoms with van der Waals surface area (Å²) in [6.45, 7) is 6.39. The van der Waals surface area contributed by atoms with Gasteiger partial charge in [0, 0.05) is 18.9 Å². The van der Waals surface area contributed by atoms with Gasteiger partial charge in [0.25, 0.3) is 0 Å². The summed E-state index contributed by atoms with van der Waals surface area (Å²) in [5.41, 5.74) is -0.461. The molecule has 0 aliphatic rings. The number of methoxy groups -OCH3 is 1. The number of nitrogens with one attached hydrogen (secondary N) is 1. The highest BCUT2D eigenvalue weighted by Gasteiger charge is 2.16. The minimum Gasteiger partial charge on any atom is -0.444 e. The summed E-state index contributed by atoms with van der Waals surface area (Å²) in [6.07, 6.45) is -0.423. The van der Waals surface area contributed by atoms with Crippen LogP contribution in [0.5, 0.6) is 0 Å². The molecular weight excluding hydrogens is 202 g/mol. The number of hydrogen-bond acceptors (Lipinski definition) is 4. The topological polar surface area (TPSA) is 47.6 Å². The molecule has 1 N–H and O–H groups in total. The Morgan fingerprint density at radius 1 is 1.50 bits per heavy atom. The first-order valence-corrected chi connectivity index (χ1v) is 5.00. The quantitative estimate of drug-likeness (QED) is 0.706. The molecule has 0 spiro atoms. The van der Waals surface area contributed by atoms with E-state index in [9.17, 15) is 4.79 Å². The van der Waals surface area contributed by atoms with E-state index in [0.29, 0.717) is 13.2 Å². The van der Waals surface area contributed by atoms with Crippen LogP contribution in [0.3, 0.4) is 0 Å². The maximum Gasteiger partial charge on any atom is 0.407 e. The Morgan fingerprint density at radius 2 is 2.07 bits per heavy atom. The summed E-state index contributed by atoms with van der Waals surface area (Å²) in [6, 6.07) is 0. The van der Waals surface area contributed by atoms with Crippen molar-refractivity contribution in [1.82, 2.24) is 5.32 Å². The van der Waals surface area contributed by atoms with Crippen molar-refractivity contribution < 1.29 is 14.3 Å². The van der Waals surface area contributed by atoms with Gasteiger partial charge in [-0.1, -0.05) is 0 Å². The van der Waals surface area contributed by atoms with Gasteiger partial charge in [0.05, 0.1) is 6.61 Å². The van der Waals surface area contributed by atoms with Crippen molar-refractivity contribution in [2.45, 2.75) is 31.6 Å². The molecule has 1 atom stereocenters. The molecule has 5 heteroatoms. The summed E-state index contributed by atoms with van der Waals surface area (Å²) in [4.78, 5) is 11.2. The highest BCUT2D eigenvalue weighted by molar-refractivity contribution is 7.81. The van der Waals surface area contributed by atoms with Gasteiger partial charge < -0.3 is 14.8 Å². The van der Waals surface area contributed by atoms with Crippen LogP contribution in [0, 0.1) is 0 Å². The molecule has 0 aliphatic carbocycles. The van der Waals surface area contributed by atoms with Crippen LogP contribution in [0.15, 0.2) is 0 Å². The molecule has 0 fully saturated rings. The first-order chi connectivity index (χ1) is 6.35. The summed E-state index contributed by atoms with van der Waals surface area (Å²) < 4.78 is 9.91. The van der Waals surface area contributed by atoms with E-state index >= 15 is 0 Å². The largest absolute Gasteiger partial charge is 0.444 e. The first-order valence-electron chi connectivity index (χ1n) is 4.49. The Morgan fingerprint density at radius 3 is 2.50 bits per heavy atom. The second kappa shape index (κ2) is 6.14. The standard InChI is InChI=1S/C9H19NO3S/c1-9(2,3)13-8(11)10-5-7(14)6-12-4/h7,14H,5-6H2,1-4H3,(H,10,11). The molecule has 0 saturated heterocycles. The van der Waals surface area contributed by atoms with Crippen molar-refractivity contribution >= 4 is 18.7 Å². The zero-order valence-corrected chi connectivity index (χ0v) is 10.1. The Balaban J connectivity index is 3.64. The smallest absolute Gasteiger partial charge is 0.407 e. The molecule has 0 aromatic rings. The molecule has 0 saturated carbocycles. The summed E-state index contributed by atoms with van der Waals surface area (Å²) in [5.74, 6) is 0. The lowest BCUT2D eigenvalue weighted by atomic mass is 10.2. The first kappa shape index (κ1) is 13.6. The van der Waals surface area contributed by atoms with E-state index in [-0.39, 0.29) is 5.25 Å². The van der Waals surface area contributed by atoms with Crippen LogP contribution in [0.25, 0.3) is 0 Å². The van der Waals surface area contributed by atoms with Gasteiger partial charge in [-0.2, -0.15) is 12.6 Å². The fraction of sp³-hybridized carbons (Fsp3) is 0.889. The van der Waals surface area contributed by atoms with Crippen molar-refractivity contribution in [2.24, 2.45) is 0 Å². The Kier molecular flexibility index (Phi) is 5.95. The lowest BCUT2D eigenvalue weighted by molar-refractivity contribution is 0.0524. The average molecular weight is 221 g/mol. The van der Waals surface area contributed by atoms with Gasteiger partial charge in [-0.3, -0.25) is 0 Å². The molecule has 14 heavy (non-hydrogen) atoms. The van der Waals surface area contributed by atoms with Crippen molar-refractivity contribution in [3.05, 3.63) is 0 Å². The second-order valence-electron chi connectivity index (χ2n) is 3.99. The van der Waals surface area contributed by atoms with Gasteiger partial charge in [-0.15, -0.1) is 0 Å². The van der Waals surface area contributed by atoms with Crippen molar-refractivity contribution in [1.29, 1.82) is 0 Å². The van der Waals surface area contributed by atoms with E-state index in [1.54, 1.807) is 7.11 Å². The molecule has 84 valence electrons. The molecule has 1 amide bonds. The zero-order chi connectivity index (χ0) is 11.2. The fourth-order valence-corrected chi connectivity index (χ4v) is 1.01. The molecule has 0 heterocycles. The van der Waals surface area contributed by atoms with Gasteiger partial charge >= 0.3 is 6.09 Å². The predicted octanol–water partition coefficient (Wildman–Crippen LogP) is 1.46. The van der Waals surface area contributed by atoms with Gasteiger partial charge in [0.15, 0.2) is 0 Å². The second-order valence-corrected chi connectivity index (χ2v) is 4.72. The number of carbonyl (C=O) groups is 1. The molecule has 1 unspecified atom stereocenters. The monoisotopic (exact) mass is 221 g/mol. The number of amides is 1. The van der Waals surface area contributed by atoms with Crippen LogP contribution < -0.4 is 5.32 Å². The number of hydrogen-bond donors (Lipinski definition) is 2. The fourth-order valence-electron chi connectivity index (χ4n) is 0.767. The van der Waals surface area contributed by atoms with Crippen LogP contribution in [0.4, 0.5) is 4.79 Å². The van der Waals surface area contributed by atoms with Crippen molar-refractivity contribution in [3.63, 3.8) is 0 Å². The third-order valence-electron chi connectivity index (χ3n) is 1.24. The molecule has 0 radical (unpaired) electrons. The minimum atomic E-state index is -0.461. The third kappa shape index (κ3) is 8.19. The number of carbonyl (C=O) groups excluding carboxylic acids is 1. The lowest BCUT2D eigenvalue weighted by Gasteiger charge is -2.20. The van der Waals surface area contributed by atoms with Crippen LogP contribution in [0.1, 0.15) is 20.8 Å². The van der Waals surface area contributed by atoms with Crippen LogP contribution >= 0.6 is 12.6 Å².